The first kappa shape index (κ1) is 12.5. The molecule has 3 heteroatoms. The SMILES string of the molecule is O=C(O)CCc1c(O)c2ccccc2c2ccccc12. The predicted molar refractivity (Wildman–Crippen MR) is 79.1 cm³/mol. The average Bonchev–Trinajstić information content (AvgIpc) is 2.47. The molecule has 3 aromatic carbocycles. The molecule has 3 nitrogen and oxygen atoms in total. The monoisotopic (exact) mass is 266 g/mol. The van der Waals surface area contributed by atoms with Crippen molar-refractivity contribution in [2.24, 2.45) is 0 Å². The second-order valence-corrected chi connectivity index (χ2v) is 4.81. The molecule has 0 aliphatic rings. The van der Waals surface area contributed by atoms with Gasteiger partial charge in [-0.15, -0.1) is 0 Å². The summed E-state index contributed by atoms with van der Waals surface area (Å²) in [7, 11) is 0. The Morgan fingerprint density at radius 2 is 1.35 bits per heavy atom. The summed E-state index contributed by atoms with van der Waals surface area (Å²) in [5.41, 5.74) is 0.710. The van der Waals surface area contributed by atoms with Crippen molar-refractivity contribution in [2.45, 2.75) is 12.8 Å². The summed E-state index contributed by atoms with van der Waals surface area (Å²) in [6.45, 7) is 0. The molecule has 2 N–H and O–H groups in total. The maximum atomic E-state index is 10.8. The minimum atomic E-state index is -0.860. The highest BCUT2D eigenvalue weighted by Crippen LogP contribution is 2.37. The maximum Gasteiger partial charge on any atom is 0.303 e. The van der Waals surface area contributed by atoms with Crippen molar-refractivity contribution in [1.82, 2.24) is 0 Å². The normalized spacial score (nSPS) is 11.0. The summed E-state index contributed by atoms with van der Waals surface area (Å²) in [6, 6.07) is 15.4. The second-order valence-electron chi connectivity index (χ2n) is 4.81. The number of fused-ring (bicyclic) bond motifs is 3. The van der Waals surface area contributed by atoms with Gasteiger partial charge in [0, 0.05) is 17.4 Å². The molecular weight excluding hydrogens is 252 g/mol. The number of carboxylic acid groups (broad SMARTS) is 1. The first-order chi connectivity index (χ1) is 9.68. The molecule has 0 bridgehead atoms. The van der Waals surface area contributed by atoms with Crippen LogP contribution in [0.1, 0.15) is 12.0 Å². The number of benzene rings is 3. The molecule has 0 saturated heterocycles. The van der Waals surface area contributed by atoms with E-state index in [1.165, 1.54) is 0 Å². The van der Waals surface area contributed by atoms with E-state index in [1.54, 1.807) is 0 Å². The molecule has 0 heterocycles. The Morgan fingerprint density at radius 3 is 1.95 bits per heavy atom. The van der Waals surface area contributed by atoms with E-state index in [0.29, 0.717) is 12.0 Å². The molecule has 3 aromatic rings. The van der Waals surface area contributed by atoms with E-state index >= 15 is 0 Å². The van der Waals surface area contributed by atoms with Crippen LogP contribution in [0.25, 0.3) is 21.5 Å². The van der Waals surface area contributed by atoms with Crippen molar-refractivity contribution >= 4 is 27.5 Å². The number of hydrogen-bond donors (Lipinski definition) is 2. The lowest BCUT2D eigenvalue weighted by molar-refractivity contribution is -0.136. The van der Waals surface area contributed by atoms with Gasteiger partial charge in [0.25, 0.3) is 0 Å². The van der Waals surface area contributed by atoms with Crippen molar-refractivity contribution in [3.63, 3.8) is 0 Å². The molecule has 3 rings (SSSR count). The molecule has 0 unspecified atom stereocenters. The Hall–Kier alpha value is -2.55. The van der Waals surface area contributed by atoms with Crippen LogP contribution in [0.4, 0.5) is 0 Å². The third-order valence-electron chi connectivity index (χ3n) is 3.60. The Balaban J connectivity index is 2.35. The fourth-order valence-electron chi connectivity index (χ4n) is 2.68. The van der Waals surface area contributed by atoms with Crippen molar-refractivity contribution in [3.05, 3.63) is 54.1 Å². The number of carbonyl (C=O) groups is 1. The van der Waals surface area contributed by atoms with E-state index in [4.69, 9.17) is 5.11 Å². The minimum absolute atomic E-state index is 0.00982. The van der Waals surface area contributed by atoms with Gasteiger partial charge in [0.2, 0.25) is 0 Å². The van der Waals surface area contributed by atoms with Crippen LogP contribution < -0.4 is 0 Å². The highest BCUT2D eigenvalue weighted by molar-refractivity contribution is 6.12. The number of carboxylic acids is 1. The van der Waals surface area contributed by atoms with Gasteiger partial charge in [0.05, 0.1) is 0 Å². The molecule has 0 aliphatic heterocycles. The Bertz CT molecular complexity index is 806. The summed E-state index contributed by atoms with van der Waals surface area (Å²) in [5, 5.41) is 23.1. The fourth-order valence-corrected chi connectivity index (χ4v) is 2.68. The van der Waals surface area contributed by atoms with Gasteiger partial charge < -0.3 is 10.2 Å². The quantitative estimate of drug-likeness (QED) is 0.710. The highest BCUT2D eigenvalue weighted by Gasteiger charge is 2.13. The Labute approximate surface area is 116 Å². The molecule has 0 radical (unpaired) electrons. The Kier molecular flexibility index (Phi) is 3.03. The van der Waals surface area contributed by atoms with Gasteiger partial charge in [-0.3, -0.25) is 4.79 Å². The van der Waals surface area contributed by atoms with E-state index in [2.05, 4.69) is 0 Å². The molecule has 20 heavy (non-hydrogen) atoms. The van der Waals surface area contributed by atoms with Crippen LogP contribution in [0.2, 0.25) is 0 Å². The van der Waals surface area contributed by atoms with E-state index in [0.717, 1.165) is 21.5 Å². The van der Waals surface area contributed by atoms with Crippen LogP contribution in [0.3, 0.4) is 0 Å². The van der Waals surface area contributed by atoms with Crippen molar-refractivity contribution in [3.8, 4) is 5.75 Å². The first-order valence-corrected chi connectivity index (χ1v) is 6.51. The van der Waals surface area contributed by atoms with Gasteiger partial charge in [-0.25, -0.2) is 0 Å². The van der Waals surface area contributed by atoms with Crippen molar-refractivity contribution in [1.29, 1.82) is 0 Å². The first-order valence-electron chi connectivity index (χ1n) is 6.51. The van der Waals surface area contributed by atoms with Gasteiger partial charge >= 0.3 is 5.97 Å². The zero-order valence-corrected chi connectivity index (χ0v) is 10.8. The summed E-state index contributed by atoms with van der Waals surface area (Å²) in [5.74, 6) is -0.665. The fraction of sp³-hybridized carbons (Fsp3) is 0.118. The molecule has 0 saturated carbocycles. The number of rotatable bonds is 3. The molecule has 0 aromatic heterocycles. The maximum absolute atomic E-state index is 10.8. The molecule has 100 valence electrons. The molecule has 0 atom stereocenters. The lowest BCUT2D eigenvalue weighted by Gasteiger charge is -2.12. The van der Waals surface area contributed by atoms with Crippen LogP contribution in [-0.2, 0) is 11.2 Å². The lowest BCUT2D eigenvalue weighted by atomic mass is 9.94. The number of phenolic OH excluding ortho intramolecular Hbond substituents is 1. The van der Waals surface area contributed by atoms with Crippen LogP contribution >= 0.6 is 0 Å². The van der Waals surface area contributed by atoms with Gasteiger partial charge in [-0.2, -0.15) is 0 Å². The zero-order chi connectivity index (χ0) is 14.1. The summed E-state index contributed by atoms with van der Waals surface area (Å²) >= 11 is 0. The van der Waals surface area contributed by atoms with Crippen LogP contribution in [0.15, 0.2) is 48.5 Å². The summed E-state index contributed by atoms with van der Waals surface area (Å²) in [4.78, 5) is 10.8. The van der Waals surface area contributed by atoms with Gasteiger partial charge in [-0.05, 0) is 22.6 Å². The van der Waals surface area contributed by atoms with Crippen LogP contribution in [0, 0.1) is 0 Å². The number of aryl methyl sites for hydroxylation is 1. The standard InChI is InChI=1S/C17H14O3/c18-16(19)10-9-15-13-7-2-1-5-11(13)12-6-3-4-8-14(12)17(15)20/h1-8,20H,9-10H2,(H,18,19). The molecule has 0 fully saturated rings. The van der Waals surface area contributed by atoms with Crippen LogP contribution in [0.5, 0.6) is 5.75 Å². The smallest absolute Gasteiger partial charge is 0.303 e. The summed E-state index contributed by atoms with van der Waals surface area (Å²) < 4.78 is 0. The van der Waals surface area contributed by atoms with E-state index in [9.17, 15) is 9.90 Å². The summed E-state index contributed by atoms with van der Waals surface area (Å²) in [6.07, 6.45) is 0.336. The molecule has 0 amide bonds. The Morgan fingerprint density at radius 1 is 0.850 bits per heavy atom. The van der Waals surface area contributed by atoms with Gasteiger partial charge in [0.15, 0.2) is 0 Å². The number of hydrogen-bond acceptors (Lipinski definition) is 2. The van der Waals surface area contributed by atoms with Gasteiger partial charge in [-0.1, -0.05) is 48.5 Å². The second kappa shape index (κ2) is 4.85. The largest absolute Gasteiger partial charge is 0.507 e. The number of aromatic hydroxyl groups is 1. The molecule has 0 aliphatic carbocycles. The van der Waals surface area contributed by atoms with E-state index in [1.807, 2.05) is 48.5 Å². The van der Waals surface area contributed by atoms with E-state index in [-0.39, 0.29) is 12.2 Å². The lowest BCUT2D eigenvalue weighted by Crippen LogP contribution is -1.99. The third-order valence-corrected chi connectivity index (χ3v) is 3.60. The van der Waals surface area contributed by atoms with Crippen LogP contribution in [-0.4, -0.2) is 16.2 Å². The molecular formula is C17H14O3. The number of aliphatic carboxylic acids is 1. The highest BCUT2D eigenvalue weighted by atomic mass is 16.4. The van der Waals surface area contributed by atoms with Crippen molar-refractivity contribution < 1.29 is 15.0 Å². The average molecular weight is 266 g/mol. The zero-order valence-electron chi connectivity index (χ0n) is 10.8. The minimum Gasteiger partial charge on any atom is -0.507 e. The predicted octanol–water partition coefficient (Wildman–Crippen LogP) is 3.72. The number of phenols is 1. The van der Waals surface area contributed by atoms with E-state index < -0.39 is 5.97 Å². The van der Waals surface area contributed by atoms with Gasteiger partial charge in [0.1, 0.15) is 5.75 Å². The molecule has 0 spiro atoms. The topological polar surface area (TPSA) is 57.5 Å². The third kappa shape index (κ3) is 1.97. The van der Waals surface area contributed by atoms with Crippen molar-refractivity contribution in [2.75, 3.05) is 0 Å².